The van der Waals surface area contributed by atoms with Gasteiger partial charge in [0.05, 0.1) is 25.4 Å². The van der Waals surface area contributed by atoms with Crippen molar-refractivity contribution >= 4 is 11.9 Å². The minimum absolute atomic E-state index is 0.0336. The molecule has 3 N–H and O–H groups in total. The van der Waals surface area contributed by atoms with E-state index < -0.39 is 12.1 Å². The number of esters is 1. The van der Waals surface area contributed by atoms with Crippen LogP contribution in [0.3, 0.4) is 0 Å². The van der Waals surface area contributed by atoms with Crippen molar-refractivity contribution in [2.45, 2.75) is 302 Å². The molecule has 0 aromatic rings. The van der Waals surface area contributed by atoms with E-state index in [1.807, 2.05) is 6.08 Å². The molecule has 63 heavy (non-hydrogen) atoms. The van der Waals surface area contributed by atoms with Gasteiger partial charge in [0.2, 0.25) is 5.91 Å². The second kappa shape index (κ2) is 52.7. The SMILES string of the molecule is CCCCCCCC/C=C\CCCCCCCCCCCC(=O)OCCCC/C=C\CCCCCCCC(=O)NC(CO)C(O)/C=C/CCCCCCCCCCCCCCCC. The standard InChI is InChI=1S/C57H107NO5/c1-3-5-7-9-11-13-15-17-19-21-22-23-25-27-31-35-39-43-47-51-57(62)63-52-48-44-40-36-32-28-30-34-38-42-46-50-56(61)58-54(53-59)55(60)49-45-41-37-33-29-26-24-20-18-16-14-12-10-8-6-4-2/h17,19,32,36,45,49,54-55,59-60H,3-16,18,20-31,33-35,37-44,46-48,50-53H2,1-2H3,(H,58,61)/b19-17-,36-32-,49-45+. The molecule has 0 saturated heterocycles. The molecule has 0 aliphatic heterocycles. The zero-order valence-corrected chi connectivity index (χ0v) is 42.1. The van der Waals surface area contributed by atoms with Crippen LogP contribution in [0.4, 0.5) is 0 Å². The predicted octanol–water partition coefficient (Wildman–Crippen LogP) is 16.9. The number of rotatable bonds is 51. The Kier molecular flexibility index (Phi) is 51.1. The van der Waals surface area contributed by atoms with E-state index in [1.54, 1.807) is 6.08 Å². The highest BCUT2D eigenvalue weighted by Crippen LogP contribution is 2.16. The summed E-state index contributed by atoms with van der Waals surface area (Å²) < 4.78 is 5.45. The van der Waals surface area contributed by atoms with E-state index in [4.69, 9.17) is 4.74 Å². The number of hydrogen-bond acceptors (Lipinski definition) is 5. The smallest absolute Gasteiger partial charge is 0.305 e. The Hall–Kier alpha value is -1.92. The van der Waals surface area contributed by atoms with E-state index in [0.717, 1.165) is 83.5 Å². The molecule has 0 aliphatic rings. The first-order chi connectivity index (χ1) is 31.0. The third-order valence-corrected chi connectivity index (χ3v) is 12.6. The highest BCUT2D eigenvalue weighted by Gasteiger charge is 2.18. The molecular formula is C57H107NO5. The molecule has 0 aromatic heterocycles. The van der Waals surface area contributed by atoms with Gasteiger partial charge in [0.25, 0.3) is 0 Å². The number of nitrogens with one attached hydrogen (secondary N) is 1. The van der Waals surface area contributed by atoms with Gasteiger partial charge in [-0.25, -0.2) is 0 Å². The number of amides is 1. The van der Waals surface area contributed by atoms with Gasteiger partial charge in [-0.15, -0.1) is 0 Å². The van der Waals surface area contributed by atoms with Crippen LogP contribution in [0.25, 0.3) is 0 Å². The lowest BCUT2D eigenvalue weighted by Gasteiger charge is -2.20. The van der Waals surface area contributed by atoms with Crippen molar-refractivity contribution in [1.82, 2.24) is 5.32 Å². The number of hydrogen-bond donors (Lipinski definition) is 3. The minimum atomic E-state index is -0.863. The van der Waals surface area contributed by atoms with Crippen LogP contribution in [-0.4, -0.2) is 47.4 Å². The van der Waals surface area contributed by atoms with E-state index in [2.05, 4.69) is 43.5 Å². The Labute approximate surface area is 392 Å². The van der Waals surface area contributed by atoms with Crippen LogP contribution in [0.1, 0.15) is 290 Å². The van der Waals surface area contributed by atoms with E-state index in [1.165, 1.54) is 180 Å². The zero-order valence-electron chi connectivity index (χ0n) is 42.1. The van der Waals surface area contributed by atoms with Gasteiger partial charge in [-0.1, -0.05) is 230 Å². The lowest BCUT2D eigenvalue weighted by molar-refractivity contribution is -0.143. The van der Waals surface area contributed by atoms with Gasteiger partial charge < -0.3 is 20.3 Å². The first kappa shape index (κ1) is 61.1. The molecule has 2 unspecified atom stereocenters. The maximum absolute atomic E-state index is 12.4. The molecule has 0 fully saturated rings. The van der Waals surface area contributed by atoms with Crippen LogP contribution in [0.5, 0.6) is 0 Å². The van der Waals surface area contributed by atoms with Crippen molar-refractivity contribution in [1.29, 1.82) is 0 Å². The molecule has 0 aromatic carbocycles. The lowest BCUT2D eigenvalue weighted by Crippen LogP contribution is -2.45. The highest BCUT2D eigenvalue weighted by molar-refractivity contribution is 5.76. The van der Waals surface area contributed by atoms with Crippen LogP contribution in [-0.2, 0) is 14.3 Å². The summed E-state index contributed by atoms with van der Waals surface area (Å²) in [6, 6.07) is -0.649. The normalized spacial score (nSPS) is 12.9. The number of carbonyl (C=O) groups is 2. The van der Waals surface area contributed by atoms with E-state index in [9.17, 15) is 19.8 Å². The maximum Gasteiger partial charge on any atom is 0.305 e. The number of aliphatic hydroxyl groups excluding tert-OH is 2. The molecule has 0 saturated carbocycles. The molecule has 1 amide bonds. The zero-order chi connectivity index (χ0) is 45.8. The molecule has 2 atom stereocenters. The Morgan fingerprint density at radius 1 is 0.429 bits per heavy atom. The molecule has 370 valence electrons. The highest BCUT2D eigenvalue weighted by atomic mass is 16.5. The number of carbonyl (C=O) groups excluding carboxylic acids is 2. The molecule has 6 heteroatoms. The van der Waals surface area contributed by atoms with Gasteiger partial charge in [-0.2, -0.15) is 0 Å². The van der Waals surface area contributed by atoms with Crippen molar-refractivity contribution in [3.05, 3.63) is 36.5 Å². The van der Waals surface area contributed by atoms with Gasteiger partial charge in [0, 0.05) is 12.8 Å². The number of aliphatic hydroxyl groups is 2. The summed E-state index contributed by atoms with van der Waals surface area (Å²) in [5, 5.41) is 23.1. The topological polar surface area (TPSA) is 95.9 Å². The molecule has 0 spiro atoms. The molecular weight excluding hydrogens is 779 g/mol. The van der Waals surface area contributed by atoms with Crippen molar-refractivity contribution in [3.8, 4) is 0 Å². The fourth-order valence-electron chi connectivity index (χ4n) is 8.33. The Morgan fingerprint density at radius 2 is 0.746 bits per heavy atom. The third-order valence-electron chi connectivity index (χ3n) is 12.6. The summed E-state index contributed by atoms with van der Waals surface area (Å²) in [5.41, 5.74) is 0. The quantitative estimate of drug-likeness (QED) is 0.0321. The lowest BCUT2D eigenvalue weighted by atomic mass is 10.0. The van der Waals surface area contributed by atoms with Crippen LogP contribution < -0.4 is 5.32 Å². The Morgan fingerprint density at radius 3 is 1.13 bits per heavy atom. The summed E-state index contributed by atoms with van der Waals surface area (Å²) in [6.45, 7) is 4.83. The number of ether oxygens (including phenoxy) is 1. The second-order valence-corrected chi connectivity index (χ2v) is 18.9. The van der Waals surface area contributed by atoms with Crippen LogP contribution in [0.15, 0.2) is 36.5 Å². The van der Waals surface area contributed by atoms with Crippen LogP contribution >= 0.6 is 0 Å². The second-order valence-electron chi connectivity index (χ2n) is 18.9. The first-order valence-electron chi connectivity index (χ1n) is 27.8. The van der Waals surface area contributed by atoms with Crippen molar-refractivity contribution in [2.75, 3.05) is 13.2 Å². The summed E-state index contributed by atoms with van der Waals surface area (Å²) in [5.74, 6) is -0.130. The molecule has 6 nitrogen and oxygen atoms in total. The third kappa shape index (κ3) is 49.4. The fourth-order valence-corrected chi connectivity index (χ4v) is 8.33. The van der Waals surface area contributed by atoms with Crippen molar-refractivity contribution in [2.24, 2.45) is 0 Å². The summed E-state index contributed by atoms with van der Waals surface area (Å²) in [6.07, 6.45) is 64.4. The largest absolute Gasteiger partial charge is 0.466 e. The minimum Gasteiger partial charge on any atom is -0.466 e. The van der Waals surface area contributed by atoms with Crippen LogP contribution in [0.2, 0.25) is 0 Å². The van der Waals surface area contributed by atoms with E-state index >= 15 is 0 Å². The fraction of sp³-hybridized carbons (Fsp3) is 0.860. The van der Waals surface area contributed by atoms with E-state index in [-0.39, 0.29) is 18.5 Å². The average Bonchev–Trinajstić information content (AvgIpc) is 3.28. The number of allylic oxidation sites excluding steroid dienone is 5. The molecule has 0 aliphatic carbocycles. The molecule has 0 heterocycles. The van der Waals surface area contributed by atoms with E-state index in [0.29, 0.717) is 19.4 Å². The van der Waals surface area contributed by atoms with Gasteiger partial charge in [-0.3, -0.25) is 9.59 Å². The molecule has 0 rings (SSSR count). The summed E-state index contributed by atoms with van der Waals surface area (Å²) in [4.78, 5) is 24.5. The van der Waals surface area contributed by atoms with Crippen molar-refractivity contribution in [3.63, 3.8) is 0 Å². The molecule has 0 bridgehead atoms. The van der Waals surface area contributed by atoms with Gasteiger partial charge in [0.1, 0.15) is 0 Å². The van der Waals surface area contributed by atoms with Crippen LogP contribution in [0, 0.1) is 0 Å². The Balaban J connectivity index is 3.53. The summed E-state index contributed by atoms with van der Waals surface area (Å²) >= 11 is 0. The Bertz CT molecular complexity index is 1020. The van der Waals surface area contributed by atoms with Crippen molar-refractivity contribution < 1.29 is 24.5 Å². The number of unbranched alkanes of at least 4 members (excludes halogenated alkanes) is 36. The monoisotopic (exact) mass is 886 g/mol. The first-order valence-corrected chi connectivity index (χ1v) is 27.8. The maximum atomic E-state index is 12.4. The van der Waals surface area contributed by atoms with Gasteiger partial charge in [0.15, 0.2) is 0 Å². The average molecular weight is 886 g/mol. The molecule has 0 radical (unpaired) electrons. The van der Waals surface area contributed by atoms with Gasteiger partial charge >= 0.3 is 5.97 Å². The summed E-state index contributed by atoms with van der Waals surface area (Å²) in [7, 11) is 0. The van der Waals surface area contributed by atoms with Gasteiger partial charge in [-0.05, 0) is 83.5 Å². The predicted molar refractivity (Wildman–Crippen MR) is 273 cm³/mol.